The number of aryl methyl sites for hydroxylation is 1. The number of carbonyl (C=O) groups is 1. The summed E-state index contributed by atoms with van der Waals surface area (Å²) >= 11 is 4.86. The van der Waals surface area contributed by atoms with Gasteiger partial charge in [0.2, 0.25) is 0 Å². The number of anilines is 1. The predicted molar refractivity (Wildman–Crippen MR) is 75.3 cm³/mol. The van der Waals surface area contributed by atoms with Gasteiger partial charge in [0, 0.05) is 21.2 Å². The van der Waals surface area contributed by atoms with Gasteiger partial charge >= 0.3 is 5.97 Å². The first kappa shape index (κ1) is 13.0. The lowest BCUT2D eigenvalue weighted by molar-refractivity contribution is 0.0698. The van der Waals surface area contributed by atoms with Crippen molar-refractivity contribution in [2.45, 2.75) is 13.5 Å². The molecule has 0 saturated carbocycles. The Bertz CT molecular complexity index is 583. The molecule has 1 aromatic heterocycles. The fourth-order valence-electron chi connectivity index (χ4n) is 1.50. The van der Waals surface area contributed by atoms with Gasteiger partial charge in [-0.2, -0.15) is 0 Å². The summed E-state index contributed by atoms with van der Waals surface area (Å²) in [6, 6.07) is 5.13. The first-order valence-corrected chi connectivity index (χ1v) is 6.85. The van der Waals surface area contributed by atoms with Gasteiger partial charge in [-0.25, -0.2) is 9.78 Å². The van der Waals surface area contributed by atoms with E-state index in [0.29, 0.717) is 12.2 Å². The zero-order chi connectivity index (χ0) is 13.1. The summed E-state index contributed by atoms with van der Waals surface area (Å²) in [6.45, 7) is 2.52. The average Bonchev–Trinajstić information content (AvgIpc) is 2.73. The number of hydrogen-bond acceptors (Lipinski definition) is 4. The normalized spacial score (nSPS) is 10.3. The average molecular weight is 327 g/mol. The number of thiazole rings is 1. The van der Waals surface area contributed by atoms with Crippen molar-refractivity contribution in [2.75, 3.05) is 5.32 Å². The van der Waals surface area contributed by atoms with E-state index in [9.17, 15) is 4.79 Å². The van der Waals surface area contributed by atoms with Crippen LogP contribution in [0.1, 0.15) is 20.2 Å². The van der Waals surface area contributed by atoms with Gasteiger partial charge < -0.3 is 10.4 Å². The van der Waals surface area contributed by atoms with Crippen LogP contribution in [0.15, 0.2) is 28.9 Å². The van der Waals surface area contributed by atoms with E-state index in [1.807, 2.05) is 13.0 Å². The maximum Gasteiger partial charge on any atom is 0.337 e. The lowest BCUT2D eigenvalue weighted by Gasteiger charge is -2.08. The third-order valence-corrected chi connectivity index (χ3v) is 3.72. The number of halogens is 1. The van der Waals surface area contributed by atoms with Crippen LogP contribution in [0.2, 0.25) is 0 Å². The number of hydrogen-bond donors (Lipinski definition) is 2. The highest BCUT2D eigenvalue weighted by Crippen LogP contribution is 2.22. The molecule has 0 aliphatic carbocycles. The van der Waals surface area contributed by atoms with Crippen molar-refractivity contribution >= 4 is 38.9 Å². The summed E-state index contributed by atoms with van der Waals surface area (Å²) in [4.78, 5) is 16.5. The Morgan fingerprint density at radius 1 is 1.56 bits per heavy atom. The Hall–Kier alpha value is -1.40. The minimum atomic E-state index is -0.950. The molecule has 0 spiro atoms. The quantitative estimate of drug-likeness (QED) is 0.902. The fraction of sp³-hybridized carbons (Fsp3) is 0.167. The van der Waals surface area contributed by atoms with Crippen LogP contribution in [-0.2, 0) is 6.54 Å². The minimum Gasteiger partial charge on any atom is -0.478 e. The first-order valence-electron chi connectivity index (χ1n) is 5.24. The molecule has 0 amide bonds. The molecule has 0 saturated heterocycles. The monoisotopic (exact) mass is 326 g/mol. The van der Waals surface area contributed by atoms with E-state index >= 15 is 0 Å². The zero-order valence-electron chi connectivity index (χ0n) is 9.61. The summed E-state index contributed by atoms with van der Waals surface area (Å²) in [5.41, 5.74) is 0.844. The van der Waals surface area contributed by atoms with Crippen LogP contribution in [0, 0.1) is 6.92 Å². The summed E-state index contributed by atoms with van der Waals surface area (Å²) < 4.78 is 0.746. The first-order chi connectivity index (χ1) is 8.56. The summed E-state index contributed by atoms with van der Waals surface area (Å²) in [5.74, 6) is -0.950. The van der Waals surface area contributed by atoms with Crippen LogP contribution in [0.5, 0.6) is 0 Å². The summed E-state index contributed by atoms with van der Waals surface area (Å²) in [6.07, 6.45) is 1.81. The highest BCUT2D eigenvalue weighted by Gasteiger charge is 2.10. The van der Waals surface area contributed by atoms with Crippen molar-refractivity contribution in [2.24, 2.45) is 0 Å². The molecule has 1 aromatic carbocycles. The van der Waals surface area contributed by atoms with Crippen molar-refractivity contribution in [3.8, 4) is 0 Å². The molecule has 0 fully saturated rings. The number of benzene rings is 1. The molecule has 2 aromatic rings. The Morgan fingerprint density at radius 3 is 2.94 bits per heavy atom. The van der Waals surface area contributed by atoms with E-state index in [0.717, 1.165) is 14.4 Å². The molecular formula is C12H11BrN2O2S. The molecule has 2 N–H and O–H groups in total. The number of nitrogens with zero attached hydrogens (tertiary/aromatic N) is 1. The van der Waals surface area contributed by atoms with Crippen LogP contribution in [0.25, 0.3) is 0 Å². The highest BCUT2D eigenvalue weighted by atomic mass is 79.9. The maximum atomic E-state index is 11.1. The van der Waals surface area contributed by atoms with E-state index in [1.54, 1.807) is 29.7 Å². The maximum absolute atomic E-state index is 11.1. The molecule has 0 bridgehead atoms. The Labute approximate surface area is 117 Å². The SMILES string of the molecule is Cc1cnc(CNc2ccc(Br)cc2C(=O)O)s1. The molecule has 0 atom stereocenters. The molecule has 1 heterocycles. The lowest BCUT2D eigenvalue weighted by Crippen LogP contribution is -2.06. The van der Waals surface area contributed by atoms with E-state index in [1.165, 1.54) is 0 Å². The van der Waals surface area contributed by atoms with Gasteiger partial charge in [0.1, 0.15) is 5.01 Å². The second-order valence-corrected chi connectivity index (χ2v) is 5.95. The second kappa shape index (κ2) is 5.49. The van der Waals surface area contributed by atoms with Gasteiger partial charge in [-0.1, -0.05) is 15.9 Å². The van der Waals surface area contributed by atoms with Crippen LogP contribution in [0.3, 0.4) is 0 Å². The van der Waals surface area contributed by atoms with Gasteiger partial charge in [0.15, 0.2) is 0 Å². The zero-order valence-corrected chi connectivity index (χ0v) is 12.0. The highest BCUT2D eigenvalue weighted by molar-refractivity contribution is 9.10. The van der Waals surface area contributed by atoms with E-state index in [2.05, 4.69) is 26.2 Å². The van der Waals surface area contributed by atoms with Crippen molar-refractivity contribution in [1.82, 2.24) is 4.98 Å². The summed E-state index contributed by atoms with van der Waals surface area (Å²) in [5, 5.41) is 13.2. The van der Waals surface area contributed by atoms with E-state index < -0.39 is 5.97 Å². The molecular weight excluding hydrogens is 316 g/mol. The van der Waals surface area contributed by atoms with Gasteiger partial charge in [0.25, 0.3) is 0 Å². The number of nitrogens with one attached hydrogen (secondary N) is 1. The lowest BCUT2D eigenvalue weighted by atomic mass is 10.2. The Balaban J connectivity index is 2.16. The van der Waals surface area contributed by atoms with Crippen LogP contribution in [-0.4, -0.2) is 16.1 Å². The smallest absolute Gasteiger partial charge is 0.337 e. The molecule has 0 unspecified atom stereocenters. The van der Waals surface area contributed by atoms with Crippen LogP contribution in [0.4, 0.5) is 5.69 Å². The van der Waals surface area contributed by atoms with Gasteiger partial charge in [-0.05, 0) is 25.1 Å². The minimum absolute atomic E-state index is 0.248. The van der Waals surface area contributed by atoms with Gasteiger partial charge in [0.05, 0.1) is 12.1 Å². The number of carboxylic acids is 1. The standard InChI is InChI=1S/C12H11BrN2O2S/c1-7-5-15-11(18-7)6-14-10-3-2-8(13)4-9(10)12(16)17/h2-5,14H,6H2,1H3,(H,16,17). The largest absolute Gasteiger partial charge is 0.478 e. The molecule has 18 heavy (non-hydrogen) atoms. The molecule has 94 valence electrons. The molecule has 0 aliphatic heterocycles. The number of aromatic nitrogens is 1. The second-order valence-electron chi connectivity index (χ2n) is 3.71. The van der Waals surface area contributed by atoms with Crippen molar-refractivity contribution < 1.29 is 9.90 Å². The summed E-state index contributed by atoms with van der Waals surface area (Å²) in [7, 11) is 0. The molecule has 6 heteroatoms. The van der Waals surface area contributed by atoms with Crippen LogP contribution < -0.4 is 5.32 Å². The third kappa shape index (κ3) is 3.08. The Morgan fingerprint density at radius 2 is 2.33 bits per heavy atom. The fourth-order valence-corrected chi connectivity index (χ4v) is 2.59. The molecule has 0 aliphatic rings. The van der Waals surface area contributed by atoms with Gasteiger partial charge in [-0.15, -0.1) is 11.3 Å². The van der Waals surface area contributed by atoms with Crippen molar-refractivity contribution in [3.05, 3.63) is 44.3 Å². The van der Waals surface area contributed by atoms with Gasteiger partial charge in [-0.3, -0.25) is 0 Å². The van der Waals surface area contributed by atoms with E-state index in [4.69, 9.17) is 5.11 Å². The van der Waals surface area contributed by atoms with Crippen LogP contribution >= 0.6 is 27.3 Å². The topological polar surface area (TPSA) is 62.2 Å². The number of carboxylic acid groups (broad SMARTS) is 1. The number of aromatic carboxylic acids is 1. The molecule has 0 radical (unpaired) electrons. The number of rotatable bonds is 4. The Kier molecular flexibility index (Phi) is 3.98. The predicted octanol–water partition coefficient (Wildman–Crippen LogP) is 3.52. The van der Waals surface area contributed by atoms with Crippen molar-refractivity contribution in [1.29, 1.82) is 0 Å². The third-order valence-electron chi connectivity index (χ3n) is 2.31. The van der Waals surface area contributed by atoms with E-state index in [-0.39, 0.29) is 5.56 Å². The molecule has 4 nitrogen and oxygen atoms in total. The van der Waals surface area contributed by atoms with Crippen molar-refractivity contribution in [3.63, 3.8) is 0 Å². The molecule has 2 rings (SSSR count).